The molecule has 0 saturated carbocycles. The second kappa shape index (κ2) is 8.09. The van der Waals surface area contributed by atoms with Crippen molar-refractivity contribution >= 4 is 39.7 Å². The van der Waals surface area contributed by atoms with Crippen molar-refractivity contribution in [2.75, 3.05) is 13.1 Å². The first kappa shape index (κ1) is 18.4. The molecule has 21 heavy (non-hydrogen) atoms. The van der Waals surface area contributed by atoms with Crippen LogP contribution in [0.4, 0.5) is 0 Å². The van der Waals surface area contributed by atoms with Crippen LogP contribution in [0.15, 0.2) is 16.3 Å². The minimum atomic E-state index is -3.64. The van der Waals surface area contributed by atoms with Crippen LogP contribution >= 0.6 is 23.7 Å². The Morgan fingerprint density at radius 2 is 2.24 bits per heavy atom. The molecule has 1 fully saturated rings. The quantitative estimate of drug-likeness (QED) is 0.704. The molecule has 1 saturated heterocycles. The van der Waals surface area contributed by atoms with Gasteiger partial charge in [-0.05, 0) is 44.0 Å². The van der Waals surface area contributed by atoms with E-state index < -0.39 is 10.0 Å². The van der Waals surface area contributed by atoms with Gasteiger partial charge in [-0.1, -0.05) is 0 Å². The predicted molar refractivity (Wildman–Crippen MR) is 85.0 cm³/mol. The highest BCUT2D eigenvalue weighted by molar-refractivity contribution is 7.91. The maximum absolute atomic E-state index is 11.7. The number of carbonyl (C=O) groups excluding carboxylic acids is 1. The van der Waals surface area contributed by atoms with Gasteiger partial charge in [0.2, 0.25) is 15.9 Å². The van der Waals surface area contributed by atoms with Crippen LogP contribution < -0.4 is 15.8 Å². The molecule has 1 aliphatic heterocycles. The van der Waals surface area contributed by atoms with E-state index in [2.05, 4.69) is 10.6 Å². The maximum Gasteiger partial charge on any atom is 0.247 e. The van der Waals surface area contributed by atoms with E-state index in [1.54, 1.807) is 6.07 Å². The molecule has 1 aromatic rings. The first-order chi connectivity index (χ1) is 9.45. The fourth-order valence-corrected chi connectivity index (χ4v) is 3.89. The molecule has 1 unspecified atom stereocenters. The lowest BCUT2D eigenvalue weighted by atomic mass is 10.0. The zero-order valence-electron chi connectivity index (χ0n) is 11.5. The highest BCUT2D eigenvalue weighted by Gasteiger charge is 2.16. The predicted octanol–water partition coefficient (Wildman–Crippen LogP) is 0.823. The summed E-state index contributed by atoms with van der Waals surface area (Å²) in [5.41, 5.74) is 0. The molecule has 120 valence electrons. The highest BCUT2D eigenvalue weighted by atomic mass is 35.5. The Kier molecular flexibility index (Phi) is 7.08. The molecular formula is C12H20ClN3O3S2. The number of halogens is 1. The molecular weight excluding hydrogens is 334 g/mol. The average Bonchev–Trinajstić information content (AvgIpc) is 3.04. The molecule has 0 radical (unpaired) electrons. The second-order valence-corrected chi connectivity index (χ2v) is 7.90. The minimum Gasteiger partial charge on any atom is -0.351 e. The Hall–Kier alpha value is -0.670. The van der Waals surface area contributed by atoms with Crippen LogP contribution in [0.3, 0.4) is 0 Å². The number of amides is 1. The van der Waals surface area contributed by atoms with Crippen LogP contribution in [-0.2, 0) is 21.4 Å². The number of thiophene rings is 1. The van der Waals surface area contributed by atoms with Crippen molar-refractivity contribution in [3.05, 3.63) is 17.0 Å². The summed E-state index contributed by atoms with van der Waals surface area (Å²) in [6.45, 7) is 2.38. The van der Waals surface area contributed by atoms with Crippen LogP contribution in [0.1, 0.15) is 24.1 Å². The Balaban J connectivity index is 0.00000220. The van der Waals surface area contributed by atoms with E-state index in [4.69, 9.17) is 5.14 Å². The van der Waals surface area contributed by atoms with Crippen LogP contribution in [-0.4, -0.2) is 27.4 Å². The summed E-state index contributed by atoms with van der Waals surface area (Å²) >= 11 is 1.09. The number of primary sulfonamides is 1. The molecule has 0 spiro atoms. The standard InChI is InChI=1S/C12H19N3O3S2.ClH/c13-20(17,18)12-4-2-10(19-12)8-15-11(16)3-1-9-5-6-14-7-9;/h2,4,9,14H,1,3,5-8H2,(H,15,16)(H2,13,17,18);1H. The molecule has 1 atom stereocenters. The second-order valence-electron chi connectivity index (χ2n) is 4.94. The maximum atomic E-state index is 11.7. The number of sulfonamides is 1. The van der Waals surface area contributed by atoms with Crippen molar-refractivity contribution in [3.8, 4) is 0 Å². The van der Waals surface area contributed by atoms with E-state index in [0.717, 1.165) is 42.1 Å². The van der Waals surface area contributed by atoms with Crippen molar-refractivity contribution in [1.29, 1.82) is 0 Å². The third-order valence-corrected chi connectivity index (χ3v) is 5.84. The van der Waals surface area contributed by atoms with Crippen LogP contribution in [0.5, 0.6) is 0 Å². The Bertz CT molecular complexity index is 568. The summed E-state index contributed by atoms with van der Waals surface area (Å²) in [5.74, 6) is 0.596. The van der Waals surface area contributed by atoms with Gasteiger partial charge in [0, 0.05) is 11.3 Å². The number of rotatable bonds is 6. The zero-order chi connectivity index (χ0) is 14.6. The molecule has 9 heteroatoms. The van der Waals surface area contributed by atoms with Gasteiger partial charge in [-0.15, -0.1) is 23.7 Å². The lowest BCUT2D eigenvalue weighted by Gasteiger charge is -2.07. The Morgan fingerprint density at radius 1 is 1.48 bits per heavy atom. The highest BCUT2D eigenvalue weighted by Crippen LogP contribution is 2.20. The van der Waals surface area contributed by atoms with Crippen LogP contribution in [0.25, 0.3) is 0 Å². The summed E-state index contributed by atoms with van der Waals surface area (Å²) in [6, 6.07) is 3.14. The summed E-state index contributed by atoms with van der Waals surface area (Å²) in [4.78, 5) is 12.5. The van der Waals surface area contributed by atoms with E-state index in [1.807, 2.05) is 0 Å². The van der Waals surface area contributed by atoms with Gasteiger partial charge in [0.15, 0.2) is 0 Å². The molecule has 0 aromatic carbocycles. The first-order valence-corrected chi connectivity index (χ1v) is 8.90. The number of hydrogen-bond acceptors (Lipinski definition) is 5. The number of nitrogens with one attached hydrogen (secondary N) is 2. The molecule has 1 aliphatic rings. The van der Waals surface area contributed by atoms with Crippen molar-refractivity contribution in [2.24, 2.45) is 11.1 Å². The van der Waals surface area contributed by atoms with Gasteiger partial charge < -0.3 is 10.6 Å². The summed E-state index contributed by atoms with van der Waals surface area (Å²) in [6.07, 6.45) is 2.54. The number of carbonyl (C=O) groups is 1. The van der Waals surface area contributed by atoms with E-state index >= 15 is 0 Å². The summed E-state index contributed by atoms with van der Waals surface area (Å²) in [5, 5.41) is 11.1. The van der Waals surface area contributed by atoms with Crippen molar-refractivity contribution < 1.29 is 13.2 Å². The van der Waals surface area contributed by atoms with Gasteiger partial charge in [0.25, 0.3) is 0 Å². The number of hydrogen-bond donors (Lipinski definition) is 3. The molecule has 1 amide bonds. The summed E-state index contributed by atoms with van der Waals surface area (Å²) < 4.78 is 22.4. The fraction of sp³-hybridized carbons (Fsp3) is 0.583. The van der Waals surface area contributed by atoms with Crippen LogP contribution in [0, 0.1) is 5.92 Å². The first-order valence-electron chi connectivity index (χ1n) is 6.54. The molecule has 2 rings (SSSR count). The molecule has 1 aromatic heterocycles. The van der Waals surface area contributed by atoms with Crippen molar-refractivity contribution in [2.45, 2.75) is 30.0 Å². The van der Waals surface area contributed by atoms with Gasteiger partial charge in [-0.25, -0.2) is 13.6 Å². The normalized spacial score (nSPS) is 18.2. The molecule has 0 aliphatic carbocycles. The largest absolute Gasteiger partial charge is 0.351 e. The summed E-state index contributed by atoms with van der Waals surface area (Å²) in [7, 11) is -3.64. The van der Waals surface area contributed by atoms with Crippen LogP contribution in [0.2, 0.25) is 0 Å². The minimum absolute atomic E-state index is 0. The third kappa shape index (κ3) is 5.91. The molecule has 6 nitrogen and oxygen atoms in total. The molecule has 4 N–H and O–H groups in total. The zero-order valence-corrected chi connectivity index (χ0v) is 14.0. The van der Waals surface area contributed by atoms with Gasteiger partial charge >= 0.3 is 0 Å². The monoisotopic (exact) mass is 353 g/mol. The Morgan fingerprint density at radius 3 is 2.81 bits per heavy atom. The van der Waals surface area contributed by atoms with Crippen molar-refractivity contribution in [1.82, 2.24) is 10.6 Å². The van der Waals surface area contributed by atoms with E-state index in [0.29, 0.717) is 18.9 Å². The average molecular weight is 354 g/mol. The topological polar surface area (TPSA) is 101 Å². The molecule has 2 heterocycles. The van der Waals surface area contributed by atoms with Gasteiger partial charge in [-0.3, -0.25) is 4.79 Å². The lowest BCUT2D eigenvalue weighted by molar-refractivity contribution is -0.121. The van der Waals surface area contributed by atoms with Gasteiger partial charge in [0.1, 0.15) is 4.21 Å². The lowest BCUT2D eigenvalue weighted by Crippen LogP contribution is -2.23. The van der Waals surface area contributed by atoms with Gasteiger partial charge in [-0.2, -0.15) is 0 Å². The smallest absolute Gasteiger partial charge is 0.247 e. The van der Waals surface area contributed by atoms with Gasteiger partial charge in [0.05, 0.1) is 6.54 Å². The fourth-order valence-electron chi connectivity index (χ4n) is 2.18. The van der Waals surface area contributed by atoms with Crippen molar-refractivity contribution in [3.63, 3.8) is 0 Å². The SMILES string of the molecule is Cl.NS(=O)(=O)c1ccc(CNC(=O)CCC2CCNC2)s1. The Labute approximate surface area is 135 Å². The molecule has 0 bridgehead atoms. The van der Waals surface area contributed by atoms with E-state index in [1.165, 1.54) is 6.07 Å². The van der Waals surface area contributed by atoms with E-state index in [-0.39, 0.29) is 22.5 Å². The third-order valence-electron chi connectivity index (χ3n) is 3.32. The van der Waals surface area contributed by atoms with E-state index in [9.17, 15) is 13.2 Å². The number of nitrogens with two attached hydrogens (primary N) is 1.